The fourth-order valence-electron chi connectivity index (χ4n) is 2.62. The summed E-state index contributed by atoms with van der Waals surface area (Å²) in [7, 11) is 0. The summed E-state index contributed by atoms with van der Waals surface area (Å²) in [4.78, 5) is 0. The van der Waals surface area contributed by atoms with E-state index in [2.05, 4.69) is 13.8 Å². The van der Waals surface area contributed by atoms with Gasteiger partial charge >= 0.3 is 0 Å². The van der Waals surface area contributed by atoms with Crippen LogP contribution in [0.4, 0.5) is 0 Å². The van der Waals surface area contributed by atoms with Gasteiger partial charge in [-0.05, 0) is 24.7 Å². The minimum absolute atomic E-state index is 0.346. The highest BCUT2D eigenvalue weighted by Gasteiger charge is 2.43. The van der Waals surface area contributed by atoms with E-state index in [0.717, 1.165) is 12.3 Å². The van der Waals surface area contributed by atoms with Crippen molar-refractivity contribution >= 4 is 0 Å². The molecule has 0 radical (unpaired) electrons. The molecule has 0 spiro atoms. The average Bonchev–Trinajstić information content (AvgIpc) is 2.28. The van der Waals surface area contributed by atoms with E-state index >= 15 is 0 Å². The normalized spacial score (nSPS) is 53.8. The molecule has 2 fully saturated rings. The van der Waals surface area contributed by atoms with Crippen LogP contribution in [-0.2, 0) is 4.74 Å². The van der Waals surface area contributed by atoms with Gasteiger partial charge in [-0.25, -0.2) is 0 Å². The summed E-state index contributed by atoms with van der Waals surface area (Å²) in [6.45, 7) is 4.38. The molecule has 1 aliphatic heterocycles. The van der Waals surface area contributed by atoms with Gasteiger partial charge in [-0.1, -0.05) is 20.3 Å². The summed E-state index contributed by atoms with van der Waals surface area (Å²) in [5, 5.41) is 9.49. The van der Waals surface area contributed by atoms with Crippen molar-refractivity contribution in [3.05, 3.63) is 0 Å². The molecule has 5 atom stereocenters. The molecule has 0 aromatic heterocycles. The van der Waals surface area contributed by atoms with Crippen molar-refractivity contribution in [3.63, 3.8) is 0 Å². The lowest BCUT2D eigenvalue weighted by Crippen LogP contribution is -2.27. The van der Waals surface area contributed by atoms with Gasteiger partial charge in [0.1, 0.15) is 0 Å². The Morgan fingerprint density at radius 1 is 1.25 bits per heavy atom. The summed E-state index contributed by atoms with van der Waals surface area (Å²) in [5.74, 6) is 1.75. The Hall–Kier alpha value is -0.0800. The maximum absolute atomic E-state index is 9.49. The lowest BCUT2D eigenvalue weighted by atomic mass is 9.77. The second kappa shape index (κ2) is 3.00. The van der Waals surface area contributed by atoms with E-state index in [1.807, 2.05) is 0 Å². The zero-order valence-electron chi connectivity index (χ0n) is 7.86. The molecule has 1 N–H and O–H groups in total. The first-order chi connectivity index (χ1) is 5.68. The number of aliphatic hydroxyl groups is 1. The second-order valence-electron chi connectivity index (χ2n) is 4.51. The summed E-state index contributed by atoms with van der Waals surface area (Å²) in [5.41, 5.74) is 0. The van der Waals surface area contributed by atoms with Crippen molar-refractivity contribution in [2.45, 2.75) is 45.5 Å². The predicted molar refractivity (Wildman–Crippen MR) is 46.5 cm³/mol. The molecule has 1 saturated heterocycles. The van der Waals surface area contributed by atoms with E-state index in [0.29, 0.717) is 17.9 Å². The maximum Gasteiger partial charge on any atom is 0.157 e. The number of aliphatic hydroxyl groups excluding tert-OH is 1. The minimum atomic E-state index is -0.495. The maximum atomic E-state index is 9.49. The first kappa shape index (κ1) is 8.52. The van der Waals surface area contributed by atoms with Gasteiger partial charge in [0.05, 0.1) is 6.10 Å². The largest absolute Gasteiger partial charge is 0.368 e. The van der Waals surface area contributed by atoms with Crippen molar-refractivity contribution in [3.8, 4) is 0 Å². The van der Waals surface area contributed by atoms with E-state index < -0.39 is 6.29 Å². The van der Waals surface area contributed by atoms with Gasteiger partial charge in [-0.2, -0.15) is 0 Å². The molecule has 2 aliphatic rings. The lowest BCUT2D eigenvalue weighted by Gasteiger charge is -2.29. The molecular formula is C10H18O2. The highest BCUT2D eigenvalue weighted by Crippen LogP contribution is 2.42. The molecular weight excluding hydrogens is 152 g/mol. The van der Waals surface area contributed by atoms with Crippen LogP contribution in [0.5, 0.6) is 0 Å². The van der Waals surface area contributed by atoms with E-state index in [4.69, 9.17) is 4.74 Å². The first-order valence-corrected chi connectivity index (χ1v) is 5.02. The standard InChI is InChI=1S/C10H18O2/c1-6-3-4-8-7(2)10(11)12-9(8)5-6/h6-11H,3-5H2,1-2H3. The molecule has 1 saturated carbocycles. The third-order valence-electron chi connectivity index (χ3n) is 3.54. The lowest BCUT2D eigenvalue weighted by molar-refractivity contribution is -0.111. The third-order valence-corrected chi connectivity index (χ3v) is 3.54. The fraction of sp³-hybridized carbons (Fsp3) is 1.00. The summed E-state index contributed by atoms with van der Waals surface area (Å²) < 4.78 is 5.50. The first-order valence-electron chi connectivity index (χ1n) is 5.02. The third kappa shape index (κ3) is 1.27. The van der Waals surface area contributed by atoms with Gasteiger partial charge in [-0.3, -0.25) is 0 Å². The number of ether oxygens (including phenoxy) is 1. The highest BCUT2D eigenvalue weighted by atomic mass is 16.6. The van der Waals surface area contributed by atoms with Crippen LogP contribution in [0, 0.1) is 17.8 Å². The van der Waals surface area contributed by atoms with Gasteiger partial charge in [0, 0.05) is 5.92 Å². The van der Waals surface area contributed by atoms with Gasteiger partial charge in [0.2, 0.25) is 0 Å². The van der Waals surface area contributed by atoms with Crippen LogP contribution in [0.25, 0.3) is 0 Å². The monoisotopic (exact) mass is 170 g/mol. The van der Waals surface area contributed by atoms with Crippen LogP contribution >= 0.6 is 0 Å². The molecule has 1 aliphatic carbocycles. The van der Waals surface area contributed by atoms with E-state index in [9.17, 15) is 5.11 Å². The zero-order chi connectivity index (χ0) is 8.72. The SMILES string of the molecule is CC1CCC2C(C1)OC(O)C2C. The van der Waals surface area contributed by atoms with Crippen LogP contribution in [0.3, 0.4) is 0 Å². The van der Waals surface area contributed by atoms with E-state index in [-0.39, 0.29) is 0 Å². The van der Waals surface area contributed by atoms with Gasteiger partial charge in [0.15, 0.2) is 6.29 Å². The van der Waals surface area contributed by atoms with Crippen molar-refractivity contribution in [2.75, 3.05) is 0 Å². The average molecular weight is 170 g/mol. The number of rotatable bonds is 0. The van der Waals surface area contributed by atoms with Gasteiger partial charge in [-0.15, -0.1) is 0 Å². The molecule has 0 amide bonds. The van der Waals surface area contributed by atoms with Gasteiger partial charge in [0.25, 0.3) is 0 Å². The quantitative estimate of drug-likeness (QED) is 0.600. The van der Waals surface area contributed by atoms with Crippen LogP contribution in [0.15, 0.2) is 0 Å². The zero-order valence-corrected chi connectivity index (χ0v) is 7.86. The number of fused-ring (bicyclic) bond motifs is 1. The van der Waals surface area contributed by atoms with Gasteiger partial charge < -0.3 is 9.84 Å². The van der Waals surface area contributed by atoms with Crippen LogP contribution in [-0.4, -0.2) is 17.5 Å². The van der Waals surface area contributed by atoms with Crippen LogP contribution < -0.4 is 0 Å². The number of hydrogen-bond acceptors (Lipinski definition) is 2. The van der Waals surface area contributed by atoms with E-state index in [1.54, 1.807) is 0 Å². The summed E-state index contributed by atoms with van der Waals surface area (Å²) >= 11 is 0. The van der Waals surface area contributed by atoms with Crippen LogP contribution in [0.2, 0.25) is 0 Å². The molecule has 2 heteroatoms. The smallest absolute Gasteiger partial charge is 0.157 e. The van der Waals surface area contributed by atoms with E-state index in [1.165, 1.54) is 12.8 Å². The summed E-state index contributed by atoms with van der Waals surface area (Å²) in [6, 6.07) is 0. The Bertz CT molecular complexity index is 167. The Labute approximate surface area is 73.9 Å². The molecule has 2 rings (SSSR count). The molecule has 0 aromatic rings. The van der Waals surface area contributed by atoms with Crippen LogP contribution in [0.1, 0.15) is 33.1 Å². The molecule has 70 valence electrons. The molecule has 5 unspecified atom stereocenters. The van der Waals surface area contributed by atoms with Crippen molar-refractivity contribution in [2.24, 2.45) is 17.8 Å². The fourth-order valence-corrected chi connectivity index (χ4v) is 2.62. The van der Waals surface area contributed by atoms with Crippen molar-refractivity contribution < 1.29 is 9.84 Å². The Kier molecular flexibility index (Phi) is 2.13. The molecule has 1 heterocycles. The number of hydrogen-bond donors (Lipinski definition) is 1. The summed E-state index contributed by atoms with van der Waals surface area (Å²) in [6.07, 6.45) is 3.54. The molecule has 0 bridgehead atoms. The molecule has 2 nitrogen and oxygen atoms in total. The van der Waals surface area contributed by atoms with Crippen molar-refractivity contribution in [1.82, 2.24) is 0 Å². The van der Waals surface area contributed by atoms with Crippen molar-refractivity contribution in [1.29, 1.82) is 0 Å². The predicted octanol–water partition coefficient (Wildman–Crippen LogP) is 1.78. The Morgan fingerprint density at radius 3 is 2.75 bits per heavy atom. The topological polar surface area (TPSA) is 29.5 Å². The molecule has 12 heavy (non-hydrogen) atoms. The second-order valence-corrected chi connectivity index (χ2v) is 4.51. The Morgan fingerprint density at radius 2 is 2.00 bits per heavy atom. The minimum Gasteiger partial charge on any atom is -0.368 e. The molecule has 0 aromatic carbocycles. The highest BCUT2D eigenvalue weighted by molar-refractivity contribution is 4.88. The Balaban J connectivity index is 2.04.